The number of nitrogens with zero attached hydrogens (tertiary/aromatic N) is 2. The highest BCUT2D eigenvalue weighted by Gasteiger charge is 2.24. The van der Waals surface area contributed by atoms with Crippen molar-refractivity contribution in [3.63, 3.8) is 0 Å². The van der Waals surface area contributed by atoms with Crippen LogP contribution in [0.3, 0.4) is 0 Å². The fourth-order valence-corrected chi connectivity index (χ4v) is 3.18. The molecule has 2 N–H and O–H groups in total. The molecule has 0 saturated heterocycles. The van der Waals surface area contributed by atoms with Crippen LogP contribution in [-0.2, 0) is 11.9 Å². The van der Waals surface area contributed by atoms with Crippen LogP contribution in [0.15, 0.2) is 30.6 Å². The average molecular weight is 380 g/mol. The fraction of sp³-hybridized carbons (Fsp3) is 0.300. The van der Waals surface area contributed by atoms with Crippen molar-refractivity contribution in [2.24, 2.45) is 13.0 Å². The largest absolute Gasteiger partial charge is 0.352 e. The van der Waals surface area contributed by atoms with Crippen LogP contribution in [0.5, 0.6) is 0 Å². The Hall–Kier alpha value is -2.87. The molecule has 0 unspecified atom stereocenters. The molecular formula is C20H22BFN4O2. The smallest absolute Gasteiger partial charge is 0.277 e. The highest BCUT2D eigenvalue weighted by Crippen LogP contribution is 2.32. The quantitative estimate of drug-likeness (QED) is 0.508. The lowest BCUT2D eigenvalue weighted by atomic mass is 9.94. The maximum absolute atomic E-state index is 15.3. The summed E-state index contributed by atoms with van der Waals surface area (Å²) in [6.45, 7) is 2.41. The van der Waals surface area contributed by atoms with E-state index >= 15 is 4.39 Å². The number of aromatic nitrogens is 2. The third kappa shape index (κ3) is 3.60. The highest BCUT2D eigenvalue weighted by molar-refractivity contribution is 6.32. The molecule has 1 amide bonds. The topological polar surface area (TPSA) is 68.2 Å². The molecule has 2 aromatic carbocycles. The third-order valence-electron chi connectivity index (χ3n) is 5.03. The molecule has 1 saturated carbocycles. The normalized spacial score (nSPS) is 13.7. The summed E-state index contributed by atoms with van der Waals surface area (Å²) >= 11 is 0. The standard InChI is InChI=1S/C20H22BFN4O2/c1-11-7-13(21)5-6-15(11)24-18-14(20(27)25-28-9-12-3-4-12)8-16-19(17(18)22)23-10-26(16)2/h5-8,10,12,24H,3-4,9,21H2,1-2H3,(H,25,27). The number of benzene rings is 2. The first-order valence-corrected chi connectivity index (χ1v) is 9.34. The summed E-state index contributed by atoms with van der Waals surface area (Å²) in [6, 6.07) is 7.44. The maximum atomic E-state index is 15.3. The molecule has 0 spiro atoms. The molecular weight excluding hydrogens is 358 g/mol. The van der Waals surface area contributed by atoms with Crippen LogP contribution < -0.4 is 16.3 Å². The van der Waals surface area contributed by atoms with Gasteiger partial charge >= 0.3 is 0 Å². The number of nitrogens with one attached hydrogen (secondary N) is 2. The van der Waals surface area contributed by atoms with Crippen molar-refractivity contribution >= 4 is 41.6 Å². The van der Waals surface area contributed by atoms with E-state index in [9.17, 15) is 4.79 Å². The van der Waals surface area contributed by atoms with Crippen molar-refractivity contribution in [2.45, 2.75) is 19.8 Å². The predicted octanol–water partition coefficient (Wildman–Crippen LogP) is 2.09. The molecule has 1 aliphatic carbocycles. The van der Waals surface area contributed by atoms with Crippen LogP contribution in [0.4, 0.5) is 15.8 Å². The lowest BCUT2D eigenvalue weighted by Crippen LogP contribution is -2.26. The Morgan fingerprint density at radius 1 is 1.39 bits per heavy atom. The second-order valence-corrected chi connectivity index (χ2v) is 7.47. The van der Waals surface area contributed by atoms with Crippen molar-refractivity contribution in [3.05, 3.63) is 47.5 Å². The van der Waals surface area contributed by atoms with E-state index in [4.69, 9.17) is 4.84 Å². The lowest BCUT2D eigenvalue weighted by molar-refractivity contribution is 0.0271. The summed E-state index contributed by atoms with van der Waals surface area (Å²) in [6.07, 6.45) is 3.76. The number of rotatable bonds is 6. The number of amides is 1. The number of anilines is 2. The van der Waals surface area contributed by atoms with Gasteiger partial charge in [0.2, 0.25) is 0 Å². The summed E-state index contributed by atoms with van der Waals surface area (Å²) in [5.41, 5.74) is 6.25. The van der Waals surface area contributed by atoms with Gasteiger partial charge in [0.15, 0.2) is 5.82 Å². The molecule has 3 aromatic rings. The van der Waals surface area contributed by atoms with Gasteiger partial charge in [0.1, 0.15) is 13.4 Å². The lowest BCUT2D eigenvalue weighted by Gasteiger charge is -2.16. The van der Waals surface area contributed by atoms with E-state index in [1.165, 1.54) is 6.33 Å². The van der Waals surface area contributed by atoms with Gasteiger partial charge < -0.3 is 9.88 Å². The second kappa shape index (κ2) is 7.28. The van der Waals surface area contributed by atoms with Crippen LogP contribution >= 0.6 is 0 Å². The Morgan fingerprint density at radius 2 is 2.18 bits per heavy atom. The number of aryl methyl sites for hydroxylation is 2. The summed E-state index contributed by atoms with van der Waals surface area (Å²) in [4.78, 5) is 22.2. The highest BCUT2D eigenvalue weighted by atomic mass is 19.1. The van der Waals surface area contributed by atoms with Gasteiger partial charge in [0.25, 0.3) is 5.91 Å². The fourth-order valence-electron chi connectivity index (χ4n) is 3.18. The minimum atomic E-state index is -0.564. The number of halogens is 1. The Balaban J connectivity index is 1.73. The molecule has 28 heavy (non-hydrogen) atoms. The number of hydrogen-bond donors (Lipinski definition) is 2. The second-order valence-electron chi connectivity index (χ2n) is 7.47. The number of imidazole rings is 1. The van der Waals surface area contributed by atoms with Gasteiger partial charge in [-0.1, -0.05) is 17.6 Å². The van der Waals surface area contributed by atoms with Gasteiger partial charge in [0, 0.05) is 12.7 Å². The Kier molecular flexibility index (Phi) is 4.81. The first-order chi connectivity index (χ1) is 13.4. The first kappa shape index (κ1) is 18.5. The van der Waals surface area contributed by atoms with Crippen molar-refractivity contribution in [1.29, 1.82) is 0 Å². The molecule has 1 aromatic heterocycles. The van der Waals surface area contributed by atoms with E-state index in [1.807, 2.05) is 33.0 Å². The predicted molar refractivity (Wildman–Crippen MR) is 109 cm³/mol. The van der Waals surface area contributed by atoms with Gasteiger partial charge in [-0.3, -0.25) is 9.63 Å². The molecule has 4 rings (SSSR count). The van der Waals surface area contributed by atoms with E-state index in [2.05, 4.69) is 15.8 Å². The summed E-state index contributed by atoms with van der Waals surface area (Å²) < 4.78 is 17.0. The summed E-state index contributed by atoms with van der Waals surface area (Å²) in [5.74, 6) is -0.551. The molecule has 8 heteroatoms. The molecule has 0 radical (unpaired) electrons. The minimum absolute atomic E-state index is 0.0886. The Bertz CT molecular complexity index is 1060. The van der Waals surface area contributed by atoms with E-state index in [1.54, 1.807) is 17.7 Å². The van der Waals surface area contributed by atoms with E-state index in [-0.39, 0.29) is 16.8 Å². The molecule has 0 atom stereocenters. The molecule has 1 aliphatic rings. The number of hydrogen-bond acceptors (Lipinski definition) is 4. The van der Waals surface area contributed by atoms with E-state index in [0.29, 0.717) is 18.0 Å². The third-order valence-corrected chi connectivity index (χ3v) is 5.03. The van der Waals surface area contributed by atoms with Gasteiger partial charge in [-0.2, -0.15) is 0 Å². The van der Waals surface area contributed by atoms with E-state index in [0.717, 1.165) is 29.6 Å². The van der Waals surface area contributed by atoms with Gasteiger partial charge in [0.05, 0.1) is 29.7 Å². The molecule has 6 nitrogen and oxygen atoms in total. The van der Waals surface area contributed by atoms with Crippen LogP contribution in [0.25, 0.3) is 11.0 Å². The van der Waals surface area contributed by atoms with Gasteiger partial charge in [-0.05, 0) is 43.4 Å². The first-order valence-electron chi connectivity index (χ1n) is 9.34. The Labute approximate surface area is 163 Å². The molecule has 1 fully saturated rings. The van der Waals surface area contributed by atoms with Crippen molar-refractivity contribution < 1.29 is 14.0 Å². The number of carbonyl (C=O) groups excluding carboxylic acids is 1. The number of carbonyl (C=O) groups is 1. The van der Waals surface area contributed by atoms with Crippen LogP contribution in [-0.4, -0.2) is 29.9 Å². The minimum Gasteiger partial charge on any atom is -0.352 e. The zero-order valence-electron chi connectivity index (χ0n) is 16.2. The maximum Gasteiger partial charge on any atom is 0.277 e. The van der Waals surface area contributed by atoms with Crippen LogP contribution in [0.1, 0.15) is 28.8 Å². The van der Waals surface area contributed by atoms with E-state index < -0.39 is 11.7 Å². The molecule has 0 aliphatic heterocycles. The molecule has 1 heterocycles. The summed E-state index contributed by atoms with van der Waals surface area (Å²) in [7, 11) is 3.75. The van der Waals surface area contributed by atoms with Gasteiger partial charge in [-0.25, -0.2) is 14.9 Å². The van der Waals surface area contributed by atoms with Crippen LogP contribution in [0, 0.1) is 18.7 Å². The summed E-state index contributed by atoms with van der Waals surface area (Å²) in [5, 5.41) is 3.09. The zero-order valence-corrected chi connectivity index (χ0v) is 16.2. The average Bonchev–Trinajstić information content (AvgIpc) is 3.40. The van der Waals surface area contributed by atoms with Crippen molar-refractivity contribution in [3.8, 4) is 0 Å². The van der Waals surface area contributed by atoms with Crippen molar-refractivity contribution in [2.75, 3.05) is 11.9 Å². The number of fused-ring (bicyclic) bond motifs is 1. The number of hydroxylamine groups is 1. The Morgan fingerprint density at radius 3 is 2.89 bits per heavy atom. The monoisotopic (exact) mass is 380 g/mol. The SMILES string of the molecule is Bc1ccc(Nc2c(C(=O)NOCC3CC3)cc3c(ncn3C)c2F)c(C)c1. The zero-order chi connectivity index (χ0) is 19.8. The molecule has 0 bridgehead atoms. The van der Waals surface area contributed by atoms with Crippen molar-refractivity contribution in [1.82, 2.24) is 15.0 Å². The van der Waals surface area contributed by atoms with Gasteiger partial charge in [-0.15, -0.1) is 0 Å². The molecule has 144 valence electrons. The van der Waals surface area contributed by atoms with Crippen LogP contribution in [0.2, 0.25) is 0 Å².